The van der Waals surface area contributed by atoms with Crippen LogP contribution >= 0.6 is 47.8 Å². The van der Waals surface area contributed by atoms with Gasteiger partial charge in [0.15, 0.2) is 0 Å². The third kappa shape index (κ3) is 5.80. The molecule has 0 atom stereocenters. The Morgan fingerprint density at radius 2 is 1.76 bits per heavy atom. The van der Waals surface area contributed by atoms with Crippen molar-refractivity contribution >= 4 is 64.9 Å². The molecule has 0 N–H and O–H groups in total. The van der Waals surface area contributed by atoms with E-state index in [0.717, 1.165) is 36.7 Å². The molecule has 1 heterocycles. The fourth-order valence-electron chi connectivity index (χ4n) is 3.28. The summed E-state index contributed by atoms with van der Waals surface area (Å²) in [5.74, 6) is 1.37. The lowest BCUT2D eigenvalue weighted by atomic mass is 10.2. The van der Waals surface area contributed by atoms with Crippen LogP contribution in [0.2, 0.25) is 0 Å². The number of nitrogens with zero attached hydrogens (tertiary/aromatic N) is 3. The zero-order chi connectivity index (χ0) is 23.4. The minimum absolute atomic E-state index is 0.186. The van der Waals surface area contributed by atoms with E-state index < -0.39 is 0 Å². The molecule has 0 fully saturated rings. The molecule has 0 amide bonds. The summed E-state index contributed by atoms with van der Waals surface area (Å²) >= 11 is 10.4. The number of aryl methyl sites for hydroxylation is 1. The van der Waals surface area contributed by atoms with Crippen LogP contribution in [0.3, 0.4) is 0 Å². The first-order chi connectivity index (χ1) is 15.9. The lowest BCUT2D eigenvalue weighted by molar-refractivity contribution is 0.304. The van der Waals surface area contributed by atoms with Crippen LogP contribution in [0, 0.1) is 0 Å². The Hall–Kier alpha value is -2.29. The molecule has 4 rings (SSSR count). The molecule has 168 valence electrons. The van der Waals surface area contributed by atoms with Crippen molar-refractivity contribution in [3.8, 4) is 5.75 Å². The third-order valence-corrected chi connectivity index (χ3v) is 6.58. The lowest BCUT2D eigenvalue weighted by Crippen LogP contribution is -2.22. The molecule has 0 unspecified atom stereocenters. The number of aromatic nitrogens is 2. The van der Waals surface area contributed by atoms with Crippen LogP contribution in [0.1, 0.15) is 30.3 Å². The molecule has 0 saturated carbocycles. The zero-order valence-electron chi connectivity index (χ0n) is 17.8. The predicted molar refractivity (Wildman–Crippen MR) is 143 cm³/mol. The molecule has 0 aliphatic carbocycles. The van der Waals surface area contributed by atoms with Crippen LogP contribution in [0.5, 0.6) is 5.75 Å². The maximum Gasteiger partial charge on any atom is 0.282 e. The van der Waals surface area contributed by atoms with Gasteiger partial charge in [0.25, 0.3) is 5.56 Å². The fourth-order valence-corrected chi connectivity index (χ4v) is 4.42. The van der Waals surface area contributed by atoms with Gasteiger partial charge in [-0.15, -0.1) is 0 Å². The Labute approximate surface area is 216 Å². The average molecular weight is 634 g/mol. The number of hydrogen-bond donors (Lipinski definition) is 0. The molecule has 0 bridgehead atoms. The lowest BCUT2D eigenvalue weighted by Gasteiger charge is -2.10. The van der Waals surface area contributed by atoms with E-state index in [-0.39, 0.29) is 5.56 Å². The van der Waals surface area contributed by atoms with Gasteiger partial charge in [-0.1, -0.05) is 50.9 Å². The number of halogens is 3. The molecule has 1 aromatic heterocycles. The van der Waals surface area contributed by atoms with Crippen molar-refractivity contribution < 1.29 is 4.74 Å². The van der Waals surface area contributed by atoms with Gasteiger partial charge in [0.2, 0.25) is 0 Å². The van der Waals surface area contributed by atoms with Crippen molar-refractivity contribution in [3.05, 3.63) is 101 Å². The first kappa shape index (κ1) is 23.9. The molecule has 33 heavy (non-hydrogen) atoms. The van der Waals surface area contributed by atoms with Gasteiger partial charge in [0.05, 0.1) is 21.6 Å². The highest BCUT2D eigenvalue weighted by Crippen LogP contribution is 2.26. The van der Waals surface area contributed by atoms with E-state index in [1.807, 2.05) is 54.6 Å². The van der Waals surface area contributed by atoms with Crippen LogP contribution in [0.4, 0.5) is 0 Å². The SMILES string of the molecule is CCCc1nc2ccc(Br)cc2c(=O)n1N=Cc1ccc(OCc2ccc(Br)cc2)c(Br)c1. The highest BCUT2D eigenvalue weighted by molar-refractivity contribution is 9.11. The van der Waals surface area contributed by atoms with Crippen molar-refractivity contribution in [2.75, 3.05) is 0 Å². The summed E-state index contributed by atoms with van der Waals surface area (Å²) in [6, 6.07) is 19.2. The van der Waals surface area contributed by atoms with Gasteiger partial charge in [-0.3, -0.25) is 4.79 Å². The molecule has 0 spiro atoms. The molecule has 8 heteroatoms. The van der Waals surface area contributed by atoms with Crippen LogP contribution < -0.4 is 10.3 Å². The normalized spacial score (nSPS) is 11.4. The molecule has 4 aromatic rings. The van der Waals surface area contributed by atoms with E-state index in [2.05, 4.69) is 64.8 Å². The quantitative estimate of drug-likeness (QED) is 0.204. The summed E-state index contributed by atoms with van der Waals surface area (Å²) < 4.78 is 10.00. The Morgan fingerprint density at radius 1 is 1.00 bits per heavy atom. The summed E-state index contributed by atoms with van der Waals surface area (Å²) in [4.78, 5) is 17.8. The number of fused-ring (bicyclic) bond motifs is 1. The topological polar surface area (TPSA) is 56.5 Å². The van der Waals surface area contributed by atoms with Crippen LogP contribution in [0.15, 0.2) is 84.0 Å². The second-order valence-corrected chi connectivity index (χ2v) is 10.1. The van der Waals surface area contributed by atoms with E-state index in [1.165, 1.54) is 4.68 Å². The minimum Gasteiger partial charge on any atom is -0.488 e. The molecule has 0 aliphatic rings. The molecule has 0 aliphatic heterocycles. The largest absolute Gasteiger partial charge is 0.488 e. The monoisotopic (exact) mass is 631 g/mol. The average Bonchev–Trinajstić information content (AvgIpc) is 2.80. The van der Waals surface area contributed by atoms with Gasteiger partial charge < -0.3 is 4.74 Å². The highest BCUT2D eigenvalue weighted by Gasteiger charge is 2.11. The predicted octanol–water partition coefficient (Wildman–Crippen LogP) is 7.10. The third-order valence-electron chi connectivity index (χ3n) is 4.93. The van der Waals surface area contributed by atoms with Gasteiger partial charge in [-0.25, -0.2) is 4.98 Å². The van der Waals surface area contributed by atoms with Crippen molar-refractivity contribution in [3.63, 3.8) is 0 Å². The molecule has 0 saturated heterocycles. The Bertz CT molecular complexity index is 1380. The van der Waals surface area contributed by atoms with E-state index >= 15 is 0 Å². The molecule has 3 aromatic carbocycles. The Morgan fingerprint density at radius 3 is 2.48 bits per heavy atom. The fraction of sp³-hybridized carbons (Fsp3) is 0.160. The molecular formula is C25H20Br3N3O2. The second kappa shape index (κ2) is 10.8. The Balaban J connectivity index is 1.59. The number of benzene rings is 3. The number of ether oxygens (including phenoxy) is 1. The second-order valence-electron chi connectivity index (χ2n) is 7.41. The summed E-state index contributed by atoms with van der Waals surface area (Å²) in [7, 11) is 0. The van der Waals surface area contributed by atoms with Crippen LogP contribution in [-0.4, -0.2) is 15.9 Å². The molecule has 5 nitrogen and oxygen atoms in total. The first-order valence-electron chi connectivity index (χ1n) is 10.4. The van der Waals surface area contributed by atoms with Gasteiger partial charge in [0, 0.05) is 15.4 Å². The maximum atomic E-state index is 13.1. The summed E-state index contributed by atoms with van der Waals surface area (Å²) in [5.41, 5.74) is 2.40. The number of hydrogen-bond acceptors (Lipinski definition) is 4. The van der Waals surface area contributed by atoms with Gasteiger partial charge in [0.1, 0.15) is 18.2 Å². The van der Waals surface area contributed by atoms with E-state index in [4.69, 9.17) is 4.74 Å². The summed E-state index contributed by atoms with van der Waals surface area (Å²) in [5, 5.41) is 5.01. The van der Waals surface area contributed by atoms with Gasteiger partial charge in [-0.05, 0) is 82.0 Å². The van der Waals surface area contributed by atoms with Crippen molar-refractivity contribution in [1.29, 1.82) is 0 Å². The van der Waals surface area contributed by atoms with Crippen molar-refractivity contribution in [2.24, 2.45) is 5.10 Å². The molecular weight excluding hydrogens is 614 g/mol. The first-order valence-corrected chi connectivity index (χ1v) is 12.7. The summed E-state index contributed by atoms with van der Waals surface area (Å²) in [6.45, 7) is 2.52. The van der Waals surface area contributed by atoms with Crippen LogP contribution in [0.25, 0.3) is 10.9 Å². The maximum absolute atomic E-state index is 13.1. The highest BCUT2D eigenvalue weighted by atomic mass is 79.9. The van der Waals surface area contributed by atoms with E-state index in [9.17, 15) is 4.79 Å². The minimum atomic E-state index is -0.186. The van der Waals surface area contributed by atoms with Gasteiger partial charge >= 0.3 is 0 Å². The standard InChI is InChI=1S/C25H20Br3N3O2/c1-2-3-24-30-22-10-9-19(27)13-20(22)25(32)31(24)29-14-17-6-11-23(21(28)12-17)33-15-16-4-7-18(26)8-5-16/h4-14H,2-3,15H2,1H3. The van der Waals surface area contributed by atoms with E-state index in [1.54, 1.807) is 12.3 Å². The zero-order valence-corrected chi connectivity index (χ0v) is 22.5. The molecule has 0 radical (unpaired) electrons. The number of rotatable bonds is 7. The van der Waals surface area contributed by atoms with Crippen molar-refractivity contribution in [2.45, 2.75) is 26.4 Å². The van der Waals surface area contributed by atoms with Crippen LogP contribution in [-0.2, 0) is 13.0 Å². The Kier molecular flexibility index (Phi) is 7.78. The summed E-state index contributed by atoms with van der Waals surface area (Å²) in [6.07, 6.45) is 3.18. The van der Waals surface area contributed by atoms with Crippen molar-refractivity contribution in [1.82, 2.24) is 9.66 Å². The smallest absolute Gasteiger partial charge is 0.282 e. The van der Waals surface area contributed by atoms with Gasteiger partial charge in [-0.2, -0.15) is 9.78 Å². The van der Waals surface area contributed by atoms with E-state index in [0.29, 0.717) is 29.8 Å².